The number of rotatable bonds is 5. The molecule has 0 unspecified atom stereocenters. The first-order valence-electron chi connectivity index (χ1n) is 5.70. The maximum Gasteiger partial charge on any atom is 0.330 e. The van der Waals surface area contributed by atoms with Crippen molar-refractivity contribution in [2.75, 3.05) is 13.2 Å². The highest BCUT2D eigenvalue weighted by molar-refractivity contribution is 5.95. The molecule has 0 radical (unpaired) electrons. The van der Waals surface area contributed by atoms with Crippen molar-refractivity contribution < 1.29 is 14.3 Å². The zero-order chi connectivity index (χ0) is 13.5. The van der Waals surface area contributed by atoms with Crippen LogP contribution in [0.1, 0.15) is 21.5 Å². The molecule has 0 saturated carbocycles. The Kier molecular flexibility index (Phi) is 5.11. The van der Waals surface area contributed by atoms with E-state index in [4.69, 9.17) is 4.74 Å². The van der Waals surface area contributed by atoms with Crippen LogP contribution in [0, 0.1) is 13.8 Å². The second-order valence-corrected chi connectivity index (χ2v) is 3.87. The van der Waals surface area contributed by atoms with E-state index in [9.17, 15) is 9.59 Å². The van der Waals surface area contributed by atoms with Gasteiger partial charge in [0.15, 0.2) is 0 Å². The summed E-state index contributed by atoms with van der Waals surface area (Å²) in [6.45, 7) is 7.57. The van der Waals surface area contributed by atoms with Crippen LogP contribution in [0.25, 0.3) is 0 Å². The summed E-state index contributed by atoms with van der Waals surface area (Å²) in [6.07, 6.45) is 1.09. The Morgan fingerprint density at radius 3 is 2.78 bits per heavy atom. The second kappa shape index (κ2) is 6.59. The van der Waals surface area contributed by atoms with E-state index in [1.165, 1.54) is 0 Å². The zero-order valence-electron chi connectivity index (χ0n) is 10.7. The molecule has 0 aliphatic carbocycles. The number of ether oxygens (including phenoxy) is 1. The van der Waals surface area contributed by atoms with Crippen LogP contribution in [-0.4, -0.2) is 25.0 Å². The molecule has 0 atom stereocenters. The fourth-order valence-electron chi connectivity index (χ4n) is 1.47. The van der Waals surface area contributed by atoms with Gasteiger partial charge in [-0.15, -0.1) is 0 Å². The third-order valence-electron chi connectivity index (χ3n) is 2.65. The van der Waals surface area contributed by atoms with Crippen LogP contribution >= 0.6 is 0 Å². The van der Waals surface area contributed by atoms with Gasteiger partial charge >= 0.3 is 5.97 Å². The molecule has 0 fully saturated rings. The predicted molar refractivity (Wildman–Crippen MR) is 69.4 cm³/mol. The normalized spacial score (nSPS) is 9.67. The Labute approximate surface area is 107 Å². The third kappa shape index (κ3) is 3.73. The van der Waals surface area contributed by atoms with Crippen LogP contribution in [-0.2, 0) is 9.53 Å². The van der Waals surface area contributed by atoms with Gasteiger partial charge in [-0.2, -0.15) is 0 Å². The number of aryl methyl sites for hydroxylation is 1. The fourth-order valence-corrected chi connectivity index (χ4v) is 1.47. The van der Waals surface area contributed by atoms with Crippen LogP contribution in [0.4, 0.5) is 0 Å². The number of amides is 1. The largest absolute Gasteiger partial charge is 0.461 e. The summed E-state index contributed by atoms with van der Waals surface area (Å²) in [5.41, 5.74) is 2.67. The van der Waals surface area contributed by atoms with Crippen molar-refractivity contribution in [3.8, 4) is 0 Å². The SMILES string of the molecule is C=CC(=O)OCCNC(=O)c1cccc(C)c1C. The maximum absolute atomic E-state index is 11.9. The molecule has 1 aromatic rings. The van der Waals surface area contributed by atoms with Crippen molar-refractivity contribution in [1.82, 2.24) is 5.32 Å². The van der Waals surface area contributed by atoms with Crippen molar-refractivity contribution in [3.63, 3.8) is 0 Å². The molecule has 0 heterocycles. The third-order valence-corrected chi connectivity index (χ3v) is 2.65. The number of carbonyl (C=O) groups excluding carboxylic acids is 2. The summed E-state index contributed by atoms with van der Waals surface area (Å²) in [5, 5.41) is 2.70. The van der Waals surface area contributed by atoms with Crippen molar-refractivity contribution in [3.05, 3.63) is 47.5 Å². The topological polar surface area (TPSA) is 55.4 Å². The van der Waals surface area contributed by atoms with Crippen LogP contribution < -0.4 is 5.32 Å². The number of benzene rings is 1. The minimum absolute atomic E-state index is 0.140. The molecule has 0 saturated heterocycles. The Balaban J connectivity index is 2.48. The molecule has 4 nitrogen and oxygen atoms in total. The van der Waals surface area contributed by atoms with Crippen molar-refractivity contribution >= 4 is 11.9 Å². The predicted octanol–water partition coefficient (Wildman–Crippen LogP) is 1.76. The van der Waals surface area contributed by atoms with E-state index >= 15 is 0 Å². The summed E-state index contributed by atoms with van der Waals surface area (Å²) in [4.78, 5) is 22.6. The molecule has 0 aliphatic heterocycles. The molecule has 0 bridgehead atoms. The number of esters is 1. The number of hydrogen-bond donors (Lipinski definition) is 1. The molecular formula is C14H17NO3. The molecule has 1 aromatic carbocycles. The first kappa shape index (κ1) is 14.0. The first-order chi connectivity index (χ1) is 8.56. The highest BCUT2D eigenvalue weighted by Gasteiger charge is 2.09. The molecule has 18 heavy (non-hydrogen) atoms. The van der Waals surface area contributed by atoms with E-state index in [1.54, 1.807) is 6.07 Å². The summed E-state index contributed by atoms with van der Waals surface area (Å²) < 4.78 is 4.76. The molecule has 1 rings (SSSR count). The van der Waals surface area contributed by atoms with Gasteiger partial charge in [-0.25, -0.2) is 4.79 Å². The lowest BCUT2D eigenvalue weighted by atomic mass is 10.0. The Morgan fingerprint density at radius 1 is 1.39 bits per heavy atom. The minimum Gasteiger partial charge on any atom is -0.461 e. The molecule has 4 heteroatoms. The Bertz CT molecular complexity index is 466. The monoisotopic (exact) mass is 247 g/mol. The Hall–Kier alpha value is -2.10. The summed E-state index contributed by atoms with van der Waals surface area (Å²) in [7, 11) is 0. The summed E-state index contributed by atoms with van der Waals surface area (Å²) >= 11 is 0. The van der Waals surface area contributed by atoms with Gasteiger partial charge in [0, 0.05) is 11.6 Å². The average Bonchev–Trinajstić information content (AvgIpc) is 2.37. The van der Waals surface area contributed by atoms with E-state index in [-0.39, 0.29) is 19.1 Å². The second-order valence-electron chi connectivity index (χ2n) is 3.87. The quantitative estimate of drug-likeness (QED) is 0.490. The molecule has 0 aliphatic rings. The van der Waals surface area contributed by atoms with Crippen LogP contribution in [0.15, 0.2) is 30.9 Å². The van der Waals surface area contributed by atoms with Crippen molar-refractivity contribution in [2.45, 2.75) is 13.8 Å². The highest BCUT2D eigenvalue weighted by atomic mass is 16.5. The van der Waals surface area contributed by atoms with E-state index in [1.807, 2.05) is 26.0 Å². The van der Waals surface area contributed by atoms with Gasteiger partial charge in [0.25, 0.3) is 5.91 Å². The van der Waals surface area contributed by atoms with Gasteiger partial charge in [-0.1, -0.05) is 18.7 Å². The molecular weight excluding hydrogens is 230 g/mol. The smallest absolute Gasteiger partial charge is 0.330 e. The molecule has 1 N–H and O–H groups in total. The standard InChI is InChI=1S/C14H17NO3/c1-4-13(16)18-9-8-15-14(17)12-7-5-6-10(2)11(12)3/h4-7H,1,8-9H2,2-3H3,(H,15,17). The molecule has 0 spiro atoms. The lowest BCUT2D eigenvalue weighted by molar-refractivity contribution is -0.137. The van der Waals surface area contributed by atoms with Gasteiger partial charge in [0.05, 0.1) is 6.54 Å². The van der Waals surface area contributed by atoms with Crippen LogP contribution in [0.2, 0.25) is 0 Å². The summed E-state index contributed by atoms with van der Waals surface area (Å²) in [5.74, 6) is -0.651. The average molecular weight is 247 g/mol. The van der Waals surface area contributed by atoms with E-state index in [0.29, 0.717) is 5.56 Å². The fraction of sp³-hybridized carbons (Fsp3) is 0.286. The zero-order valence-corrected chi connectivity index (χ0v) is 10.7. The Morgan fingerprint density at radius 2 is 2.11 bits per heavy atom. The molecule has 1 amide bonds. The van der Waals surface area contributed by atoms with E-state index < -0.39 is 5.97 Å². The van der Waals surface area contributed by atoms with Gasteiger partial charge in [0.2, 0.25) is 0 Å². The number of nitrogens with one attached hydrogen (secondary N) is 1. The molecule has 0 aromatic heterocycles. The maximum atomic E-state index is 11.9. The van der Waals surface area contributed by atoms with Crippen molar-refractivity contribution in [1.29, 1.82) is 0 Å². The van der Waals surface area contributed by atoms with E-state index in [0.717, 1.165) is 17.2 Å². The summed E-state index contributed by atoms with van der Waals surface area (Å²) in [6, 6.07) is 5.57. The van der Waals surface area contributed by atoms with Crippen LogP contribution in [0.5, 0.6) is 0 Å². The van der Waals surface area contributed by atoms with Gasteiger partial charge in [-0.3, -0.25) is 4.79 Å². The molecule has 96 valence electrons. The van der Waals surface area contributed by atoms with Gasteiger partial charge in [-0.05, 0) is 31.0 Å². The van der Waals surface area contributed by atoms with Gasteiger partial charge in [0.1, 0.15) is 6.61 Å². The lowest BCUT2D eigenvalue weighted by Crippen LogP contribution is -2.28. The van der Waals surface area contributed by atoms with Crippen LogP contribution in [0.3, 0.4) is 0 Å². The number of hydrogen-bond acceptors (Lipinski definition) is 3. The van der Waals surface area contributed by atoms with E-state index in [2.05, 4.69) is 11.9 Å². The van der Waals surface area contributed by atoms with Gasteiger partial charge < -0.3 is 10.1 Å². The first-order valence-corrected chi connectivity index (χ1v) is 5.70. The van der Waals surface area contributed by atoms with Crippen molar-refractivity contribution in [2.24, 2.45) is 0 Å². The minimum atomic E-state index is -0.490. The lowest BCUT2D eigenvalue weighted by Gasteiger charge is -2.09. The number of carbonyl (C=O) groups is 2. The highest BCUT2D eigenvalue weighted by Crippen LogP contribution is 2.12.